The maximum absolute atomic E-state index is 13.6. The summed E-state index contributed by atoms with van der Waals surface area (Å²) in [6.07, 6.45) is 4.00. The van der Waals surface area contributed by atoms with Crippen molar-refractivity contribution in [1.29, 1.82) is 0 Å². The second-order valence-electron chi connectivity index (χ2n) is 8.54. The third-order valence-corrected chi connectivity index (χ3v) is 7.92. The molecule has 0 bridgehead atoms. The quantitative estimate of drug-likeness (QED) is 0.620. The van der Waals surface area contributed by atoms with Crippen molar-refractivity contribution in [3.63, 3.8) is 0 Å². The lowest BCUT2D eigenvalue weighted by atomic mass is 9.80. The van der Waals surface area contributed by atoms with Crippen LogP contribution in [-0.4, -0.2) is 65.8 Å². The van der Waals surface area contributed by atoms with E-state index in [1.54, 1.807) is 11.8 Å². The number of carbonyl (C=O) groups is 2. The summed E-state index contributed by atoms with van der Waals surface area (Å²) in [5.74, 6) is 0.877. The average Bonchev–Trinajstić information content (AvgIpc) is 3.47. The van der Waals surface area contributed by atoms with E-state index in [1.165, 1.54) is 11.1 Å². The fourth-order valence-corrected chi connectivity index (χ4v) is 6.41. The number of hydrogen-bond donors (Lipinski definition) is 1. The molecular formula is C24H34N2O4S. The highest BCUT2D eigenvalue weighted by atomic mass is 32.2. The molecule has 1 aromatic rings. The van der Waals surface area contributed by atoms with Gasteiger partial charge in [-0.05, 0) is 57.1 Å². The molecule has 2 heterocycles. The molecule has 4 rings (SSSR count). The van der Waals surface area contributed by atoms with E-state index >= 15 is 0 Å². The Labute approximate surface area is 189 Å². The van der Waals surface area contributed by atoms with E-state index in [0.29, 0.717) is 25.6 Å². The highest BCUT2D eigenvalue weighted by molar-refractivity contribution is 8.00. The molecule has 0 spiro atoms. The van der Waals surface area contributed by atoms with Crippen molar-refractivity contribution in [2.75, 3.05) is 25.6 Å². The van der Waals surface area contributed by atoms with Crippen LogP contribution in [0.4, 0.5) is 0 Å². The van der Waals surface area contributed by atoms with Gasteiger partial charge in [0.25, 0.3) is 0 Å². The normalized spacial score (nSPS) is 28.2. The molecule has 1 unspecified atom stereocenters. The van der Waals surface area contributed by atoms with E-state index in [4.69, 9.17) is 9.47 Å². The third-order valence-electron chi connectivity index (χ3n) is 6.72. The van der Waals surface area contributed by atoms with Gasteiger partial charge in [-0.3, -0.25) is 14.9 Å². The monoisotopic (exact) mass is 446 g/mol. The predicted molar refractivity (Wildman–Crippen MR) is 122 cm³/mol. The first-order chi connectivity index (χ1) is 15.1. The maximum Gasteiger partial charge on any atom is 0.241 e. The number of likely N-dealkylation sites (tertiary alicyclic amines) is 1. The Balaban J connectivity index is 1.45. The summed E-state index contributed by atoms with van der Waals surface area (Å²) >= 11 is 1.58. The van der Waals surface area contributed by atoms with Gasteiger partial charge in [-0.1, -0.05) is 24.3 Å². The Morgan fingerprint density at radius 3 is 2.65 bits per heavy atom. The van der Waals surface area contributed by atoms with E-state index in [2.05, 4.69) is 23.5 Å². The molecule has 4 atom stereocenters. The Morgan fingerprint density at radius 2 is 1.90 bits per heavy atom. The number of rotatable bonds is 8. The van der Waals surface area contributed by atoms with Crippen molar-refractivity contribution in [2.45, 2.75) is 69.6 Å². The molecule has 0 saturated carbocycles. The number of nitrogens with zero attached hydrogens (tertiary/aromatic N) is 1. The molecule has 0 aromatic heterocycles. The van der Waals surface area contributed by atoms with Crippen LogP contribution in [0.3, 0.4) is 0 Å². The van der Waals surface area contributed by atoms with E-state index in [0.717, 1.165) is 32.1 Å². The van der Waals surface area contributed by atoms with Gasteiger partial charge in [0.05, 0.1) is 11.3 Å². The standard InChI is InChI=1S/C24H34N2O4S/c1-3-29-24(30-4-2)19-10-7-13-26(19)23(28)20-22(31-15-25-20)21(27)18-12-11-16-8-5-6-9-17(16)14-18/h5-6,8-9,18-20,22,24-25H,3-4,7,10-15H2,1-2H3/t18-,19+,20+,22?/m1/s1. The Hall–Kier alpha value is -1.41. The number of ether oxygens (including phenoxy) is 2. The van der Waals surface area contributed by atoms with Crippen molar-refractivity contribution in [1.82, 2.24) is 10.2 Å². The Kier molecular flexibility index (Phi) is 7.69. The lowest BCUT2D eigenvalue weighted by Gasteiger charge is -2.34. The van der Waals surface area contributed by atoms with Crippen LogP contribution in [-0.2, 0) is 31.9 Å². The van der Waals surface area contributed by atoms with Crippen molar-refractivity contribution >= 4 is 23.5 Å². The van der Waals surface area contributed by atoms with E-state index in [-0.39, 0.29) is 28.9 Å². The fraction of sp³-hybridized carbons (Fsp3) is 0.667. The highest BCUT2D eigenvalue weighted by Crippen LogP contribution is 2.33. The first kappa shape index (κ1) is 22.8. The van der Waals surface area contributed by atoms with Gasteiger partial charge >= 0.3 is 0 Å². The Morgan fingerprint density at radius 1 is 1.16 bits per heavy atom. The number of ketones is 1. The number of fused-ring (bicyclic) bond motifs is 1. The molecule has 2 fully saturated rings. The van der Waals surface area contributed by atoms with E-state index in [9.17, 15) is 9.59 Å². The SMILES string of the molecule is CCOC(OCC)[C@@H]1CCCN1C(=O)[C@H]1NCSC1C(=O)[C@@H]1CCc2ccccc2C1. The number of nitrogens with one attached hydrogen (secondary N) is 1. The molecule has 2 aliphatic heterocycles. The van der Waals surface area contributed by atoms with Gasteiger partial charge in [-0.25, -0.2) is 0 Å². The largest absolute Gasteiger partial charge is 0.351 e. The van der Waals surface area contributed by atoms with Gasteiger partial charge in [0, 0.05) is 31.6 Å². The number of hydrogen-bond acceptors (Lipinski definition) is 6. The molecule has 170 valence electrons. The average molecular weight is 447 g/mol. The minimum Gasteiger partial charge on any atom is -0.351 e. The molecule has 7 heteroatoms. The lowest BCUT2D eigenvalue weighted by Crippen LogP contribution is -2.54. The van der Waals surface area contributed by atoms with Crippen LogP contribution in [0.2, 0.25) is 0 Å². The summed E-state index contributed by atoms with van der Waals surface area (Å²) in [4.78, 5) is 28.9. The number of benzene rings is 1. The number of aryl methyl sites for hydroxylation is 1. The van der Waals surface area contributed by atoms with Crippen molar-refractivity contribution in [3.8, 4) is 0 Å². The topological polar surface area (TPSA) is 67.9 Å². The zero-order valence-corrected chi connectivity index (χ0v) is 19.4. The summed E-state index contributed by atoms with van der Waals surface area (Å²) in [6, 6.07) is 7.86. The van der Waals surface area contributed by atoms with Crippen LogP contribution in [0.15, 0.2) is 24.3 Å². The third kappa shape index (κ3) is 4.85. The number of amides is 1. The molecule has 3 aliphatic rings. The zero-order chi connectivity index (χ0) is 21.8. The summed E-state index contributed by atoms with van der Waals surface area (Å²) in [7, 11) is 0. The van der Waals surface area contributed by atoms with Crippen LogP contribution in [0.25, 0.3) is 0 Å². The smallest absolute Gasteiger partial charge is 0.241 e. The molecule has 31 heavy (non-hydrogen) atoms. The second kappa shape index (κ2) is 10.5. The van der Waals surface area contributed by atoms with Crippen LogP contribution < -0.4 is 5.32 Å². The molecule has 0 radical (unpaired) electrons. The first-order valence-corrected chi connectivity index (χ1v) is 12.7. The maximum atomic E-state index is 13.6. The molecule has 1 aromatic carbocycles. The van der Waals surface area contributed by atoms with Crippen LogP contribution in [0.1, 0.15) is 44.2 Å². The predicted octanol–water partition coefficient (Wildman–Crippen LogP) is 2.78. The number of Topliss-reactive ketones (excluding diaryl/α,β-unsaturated/α-hetero) is 1. The van der Waals surface area contributed by atoms with Crippen molar-refractivity contribution in [2.24, 2.45) is 5.92 Å². The van der Waals surface area contributed by atoms with Crippen molar-refractivity contribution in [3.05, 3.63) is 35.4 Å². The van der Waals surface area contributed by atoms with Gasteiger partial charge in [-0.2, -0.15) is 0 Å². The van der Waals surface area contributed by atoms with Gasteiger partial charge in [0.15, 0.2) is 12.1 Å². The molecule has 2 saturated heterocycles. The van der Waals surface area contributed by atoms with Crippen LogP contribution >= 0.6 is 11.8 Å². The minimum atomic E-state index is -0.459. The Bertz CT molecular complexity index is 783. The van der Waals surface area contributed by atoms with Gasteiger partial charge < -0.3 is 14.4 Å². The molecule has 1 aliphatic carbocycles. The van der Waals surface area contributed by atoms with E-state index < -0.39 is 12.3 Å². The first-order valence-electron chi connectivity index (χ1n) is 11.6. The molecular weight excluding hydrogens is 412 g/mol. The molecule has 6 nitrogen and oxygen atoms in total. The number of carbonyl (C=O) groups excluding carboxylic acids is 2. The fourth-order valence-electron chi connectivity index (χ4n) is 5.19. The highest BCUT2D eigenvalue weighted by Gasteiger charge is 2.46. The number of thioether (sulfide) groups is 1. The summed E-state index contributed by atoms with van der Waals surface area (Å²) in [5, 5.41) is 3.00. The summed E-state index contributed by atoms with van der Waals surface area (Å²) in [5.41, 5.74) is 2.64. The zero-order valence-electron chi connectivity index (χ0n) is 18.5. The van der Waals surface area contributed by atoms with Gasteiger partial charge in [0.1, 0.15) is 6.04 Å². The van der Waals surface area contributed by atoms with Crippen molar-refractivity contribution < 1.29 is 19.1 Å². The molecule has 1 amide bonds. The second-order valence-corrected chi connectivity index (χ2v) is 9.67. The lowest BCUT2D eigenvalue weighted by molar-refractivity contribution is -0.175. The van der Waals surface area contributed by atoms with Gasteiger partial charge in [-0.15, -0.1) is 11.8 Å². The van der Waals surface area contributed by atoms with Crippen LogP contribution in [0.5, 0.6) is 0 Å². The van der Waals surface area contributed by atoms with E-state index in [1.807, 2.05) is 24.8 Å². The molecule has 1 N–H and O–H groups in total. The summed E-state index contributed by atoms with van der Waals surface area (Å²) in [6.45, 7) is 5.68. The summed E-state index contributed by atoms with van der Waals surface area (Å²) < 4.78 is 11.6. The minimum absolute atomic E-state index is 0.00317. The van der Waals surface area contributed by atoms with Gasteiger partial charge in [0.2, 0.25) is 5.91 Å². The van der Waals surface area contributed by atoms with Crippen LogP contribution in [0, 0.1) is 5.92 Å².